The Morgan fingerprint density at radius 1 is 1.36 bits per heavy atom. The summed E-state index contributed by atoms with van der Waals surface area (Å²) in [4.78, 5) is 12.4. The van der Waals surface area contributed by atoms with Crippen molar-refractivity contribution < 1.29 is 14.3 Å². The van der Waals surface area contributed by atoms with Gasteiger partial charge in [-0.2, -0.15) is 5.10 Å². The minimum atomic E-state index is -0.732. The number of benzene rings is 1. The fraction of sp³-hybridized carbons (Fsp3) is 0.368. The van der Waals surface area contributed by atoms with Crippen LogP contribution in [0.1, 0.15) is 48.9 Å². The van der Waals surface area contributed by atoms with E-state index in [1.54, 1.807) is 24.3 Å². The molecule has 0 bridgehead atoms. The van der Waals surface area contributed by atoms with Gasteiger partial charge in [0.05, 0.1) is 12.0 Å². The van der Waals surface area contributed by atoms with Crippen LogP contribution in [0.25, 0.3) is 0 Å². The van der Waals surface area contributed by atoms with Crippen molar-refractivity contribution in [2.45, 2.75) is 38.8 Å². The van der Waals surface area contributed by atoms with Gasteiger partial charge in [-0.15, -0.1) is 0 Å². The van der Waals surface area contributed by atoms with Crippen LogP contribution in [0.3, 0.4) is 0 Å². The fourth-order valence-corrected chi connectivity index (χ4v) is 2.84. The monoisotopic (exact) mass is 341 g/mol. The lowest BCUT2D eigenvalue weighted by molar-refractivity contribution is 0.0903. The molecule has 0 radical (unpaired) electrons. The molecule has 1 aromatic carbocycles. The molecule has 0 fully saturated rings. The number of carbonyl (C=O) groups excluding carboxylic acids is 1. The van der Waals surface area contributed by atoms with E-state index in [4.69, 9.17) is 4.42 Å². The summed E-state index contributed by atoms with van der Waals surface area (Å²) in [6.07, 6.45) is 2.15. The van der Waals surface area contributed by atoms with E-state index < -0.39 is 6.10 Å². The van der Waals surface area contributed by atoms with Crippen molar-refractivity contribution in [2.24, 2.45) is 5.10 Å². The molecule has 2 unspecified atom stereocenters. The zero-order valence-electron chi connectivity index (χ0n) is 14.5. The summed E-state index contributed by atoms with van der Waals surface area (Å²) < 4.78 is 5.18. The number of hydrogen-bond donors (Lipinski definition) is 2. The first-order valence-electron chi connectivity index (χ1n) is 8.47. The molecule has 6 nitrogen and oxygen atoms in total. The van der Waals surface area contributed by atoms with E-state index in [1.165, 1.54) is 6.26 Å². The molecule has 3 rings (SSSR count). The van der Waals surface area contributed by atoms with Gasteiger partial charge in [0.15, 0.2) is 0 Å². The Labute approximate surface area is 147 Å². The van der Waals surface area contributed by atoms with Crippen LogP contribution < -0.4 is 10.3 Å². The summed E-state index contributed by atoms with van der Waals surface area (Å²) >= 11 is 0. The second-order valence-corrected chi connectivity index (χ2v) is 6.40. The Kier molecular flexibility index (Phi) is 5.19. The molecule has 2 atom stereocenters. The molecule has 0 saturated heterocycles. The van der Waals surface area contributed by atoms with Gasteiger partial charge in [-0.1, -0.05) is 0 Å². The van der Waals surface area contributed by atoms with Crippen LogP contribution in [0.5, 0.6) is 0 Å². The molecule has 25 heavy (non-hydrogen) atoms. The molecule has 2 aromatic rings. The lowest BCUT2D eigenvalue weighted by atomic mass is 10.1. The second-order valence-electron chi connectivity index (χ2n) is 6.40. The topological polar surface area (TPSA) is 78.1 Å². The molecule has 1 aliphatic heterocycles. The number of aliphatic hydroxyl groups excluding tert-OH is 1. The van der Waals surface area contributed by atoms with Crippen LogP contribution in [0.15, 0.2) is 52.2 Å². The van der Waals surface area contributed by atoms with Gasteiger partial charge < -0.3 is 14.8 Å². The molecule has 132 valence electrons. The number of rotatable bonds is 6. The average Bonchev–Trinajstić information content (AvgIpc) is 3.26. The van der Waals surface area contributed by atoms with Gasteiger partial charge in [0, 0.05) is 36.7 Å². The molecule has 2 N–H and O–H groups in total. The van der Waals surface area contributed by atoms with Gasteiger partial charge in [-0.25, -0.2) is 0 Å². The highest BCUT2D eigenvalue weighted by molar-refractivity contribution is 5.94. The number of amides is 1. The van der Waals surface area contributed by atoms with Gasteiger partial charge in [-0.3, -0.25) is 9.80 Å². The SMILES string of the molecule is CC1=NN(c2ccc(C(=O)NC(C)CC(O)c3ccco3)cc2)CC1. The van der Waals surface area contributed by atoms with Crippen molar-refractivity contribution in [1.29, 1.82) is 0 Å². The van der Waals surface area contributed by atoms with Crippen LogP contribution in [0, 0.1) is 0 Å². The summed E-state index contributed by atoms with van der Waals surface area (Å²) in [7, 11) is 0. The predicted octanol–water partition coefficient (Wildman–Crippen LogP) is 3.11. The van der Waals surface area contributed by atoms with Crippen LogP contribution in [-0.4, -0.2) is 29.3 Å². The van der Waals surface area contributed by atoms with Crippen molar-refractivity contribution in [1.82, 2.24) is 5.32 Å². The highest BCUT2D eigenvalue weighted by Crippen LogP contribution is 2.21. The highest BCUT2D eigenvalue weighted by Gasteiger charge is 2.18. The number of carbonyl (C=O) groups is 1. The molecule has 0 spiro atoms. The van der Waals surface area contributed by atoms with E-state index in [9.17, 15) is 9.90 Å². The summed E-state index contributed by atoms with van der Waals surface area (Å²) in [6.45, 7) is 4.75. The Morgan fingerprint density at radius 2 is 2.12 bits per heavy atom. The van der Waals surface area contributed by atoms with Crippen molar-refractivity contribution in [3.63, 3.8) is 0 Å². The van der Waals surface area contributed by atoms with E-state index in [-0.39, 0.29) is 11.9 Å². The van der Waals surface area contributed by atoms with Crippen LogP contribution in [-0.2, 0) is 0 Å². The maximum absolute atomic E-state index is 12.4. The third-order valence-corrected chi connectivity index (χ3v) is 4.23. The van der Waals surface area contributed by atoms with E-state index >= 15 is 0 Å². The number of hydrazone groups is 1. The first-order valence-corrected chi connectivity index (χ1v) is 8.47. The molecule has 1 aromatic heterocycles. The molecule has 2 heterocycles. The maximum atomic E-state index is 12.4. The Balaban J connectivity index is 1.55. The van der Waals surface area contributed by atoms with Gasteiger partial charge in [-0.05, 0) is 50.2 Å². The molecule has 1 aliphatic rings. The third-order valence-electron chi connectivity index (χ3n) is 4.23. The first kappa shape index (κ1) is 17.2. The van der Waals surface area contributed by atoms with Crippen LogP contribution in [0.4, 0.5) is 5.69 Å². The normalized spacial score (nSPS) is 16.4. The Morgan fingerprint density at radius 3 is 2.72 bits per heavy atom. The zero-order valence-corrected chi connectivity index (χ0v) is 14.5. The van der Waals surface area contributed by atoms with Gasteiger partial charge in [0.2, 0.25) is 0 Å². The average molecular weight is 341 g/mol. The molecule has 0 aliphatic carbocycles. The number of aliphatic hydroxyl groups is 1. The first-order chi connectivity index (χ1) is 12.0. The van der Waals surface area contributed by atoms with Gasteiger partial charge in [0.25, 0.3) is 5.91 Å². The second kappa shape index (κ2) is 7.53. The Bertz CT molecular complexity index is 738. The highest BCUT2D eigenvalue weighted by atomic mass is 16.4. The standard InChI is InChI=1S/C19H23N3O3/c1-13-9-10-22(21-13)16-7-5-15(6-8-16)19(24)20-14(2)12-17(23)18-4-3-11-25-18/h3-8,11,14,17,23H,9-10,12H2,1-2H3,(H,20,24). The number of hydrogen-bond acceptors (Lipinski definition) is 5. The fourth-order valence-electron chi connectivity index (χ4n) is 2.84. The lowest BCUT2D eigenvalue weighted by Gasteiger charge is -2.17. The number of nitrogens with zero attached hydrogens (tertiary/aromatic N) is 2. The van der Waals surface area contributed by atoms with Crippen LogP contribution >= 0.6 is 0 Å². The van der Waals surface area contributed by atoms with E-state index in [0.717, 1.165) is 24.4 Å². The lowest BCUT2D eigenvalue weighted by Crippen LogP contribution is -2.33. The number of nitrogens with one attached hydrogen (secondary N) is 1. The van der Waals surface area contributed by atoms with Crippen molar-refractivity contribution in [3.05, 3.63) is 54.0 Å². The summed E-state index contributed by atoms with van der Waals surface area (Å²) in [5, 5.41) is 19.4. The number of anilines is 1. The molecular formula is C19H23N3O3. The molecule has 1 amide bonds. The van der Waals surface area contributed by atoms with Crippen LogP contribution in [0.2, 0.25) is 0 Å². The maximum Gasteiger partial charge on any atom is 0.251 e. The quantitative estimate of drug-likeness (QED) is 0.846. The zero-order chi connectivity index (χ0) is 17.8. The third kappa shape index (κ3) is 4.28. The predicted molar refractivity (Wildman–Crippen MR) is 96.7 cm³/mol. The molecule has 0 saturated carbocycles. The van der Waals surface area contributed by atoms with Crippen molar-refractivity contribution in [2.75, 3.05) is 11.6 Å². The minimum absolute atomic E-state index is 0.160. The van der Waals surface area contributed by atoms with Crippen molar-refractivity contribution in [3.8, 4) is 0 Å². The summed E-state index contributed by atoms with van der Waals surface area (Å²) in [6, 6.07) is 10.7. The summed E-state index contributed by atoms with van der Waals surface area (Å²) in [5.74, 6) is 0.346. The van der Waals surface area contributed by atoms with E-state index in [1.807, 2.05) is 31.0 Å². The molecular weight excluding hydrogens is 318 g/mol. The largest absolute Gasteiger partial charge is 0.467 e. The number of furan rings is 1. The smallest absolute Gasteiger partial charge is 0.251 e. The van der Waals surface area contributed by atoms with E-state index in [2.05, 4.69) is 10.4 Å². The molecule has 6 heteroatoms. The van der Waals surface area contributed by atoms with Crippen molar-refractivity contribution >= 4 is 17.3 Å². The van der Waals surface area contributed by atoms with Gasteiger partial charge >= 0.3 is 0 Å². The Hall–Kier alpha value is -2.60. The minimum Gasteiger partial charge on any atom is -0.467 e. The van der Waals surface area contributed by atoms with E-state index in [0.29, 0.717) is 17.7 Å². The summed E-state index contributed by atoms with van der Waals surface area (Å²) in [5.41, 5.74) is 2.68. The van der Waals surface area contributed by atoms with Gasteiger partial charge in [0.1, 0.15) is 11.9 Å².